The van der Waals surface area contributed by atoms with Crippen LogP contribution in [0.3, 0.4) is 0 Å². The van der Waals surface area contributed by atoms with Gasteiger partial charge in [-0.3, -0.25) is 0 Å². The summed E-state index contributed by atoms with van der Waals surface area (Å²) in [7, 11) is 0. The highest BCUT2D eigenvalue weighted by atomic mass is 32.1. The average Bonchev–Trinajstić information content (AvgIpc) is 2.75. The van der Waals surface area contributed by atoms with Crippen LogP contribution in [0.1, 0.15) is 73.2 Å². The molecule has 0 aromatic carbocycles. The molecule has 19 heavy (non-hydrogen) atoms. The van der Waals surface area contributed by atoms with E-state index in [0.717, 1.165) is 11.8 Å². The van der Waals surface area contributed by atoms with Crippen LogP contribution in [0.5, 0.6) is 0 Å². The van der Waals surface area contributed by atoms with Crippen LogP contribution in [0.25, 0.3) is 0 Å². The molecule has 1 aliphatic rings. The molecule has 0 spiro atoms. The highest BCUT2D eigenvalue weighted by Crippen LogP contribution is 2.40. The van der Waals surface area contributed by atoms with Gasteiger partial charge in [-0.1, -0.05) is 39.0 Å². The van der Waals surface area contributed by atoms with Gasteiger partial charge in [-0.25, -0.2) is 0 Å². The zero-order chi connectivity index (χ0) is 13.8. The fourth-order valence-corrected chi connectivity index (χ4v) is 4.66. The van der Waals surface area contributed by atoms with Gasteiger partial charge in [0.2, 0.25) is 0 Å². The maximum Gasteiger partial charge on any atom is 0.0421 e. The van der Waals surface area contributed by atoms with Gasteiger partial charge in [0.15, 0.2) is 0 Å². The molecule has 1 saturated carbocycles. The van der Waals surface area contributed by atoms with Crippen LogP contribution in [0, 0.1) is 25.7 Å². The van der Waals surface area contributed by atoms with Crippen molar-refractivity contribution in [1.82, 2.24) is 0 Å². The van der Waals surface area contributed by atoms with Gasteiger partial charge >= 0.3 is 0 Å². The molecule has 0 amide bonds. The summed E-state index contributed by atoms with van der Waals surface area (Å²) in [6.45, 7) is 6.70. The van der Waals surface area contributed by atoms with Gasteiger partial charge in [0, 0.05) is 15.8 Å². The Morgan fingerprint density at radius 1 is 1.26 bits per heavy atom. The summed E-state index contributed by atoms with van der Waals surface area (Å²) in [5, 5.41) is 0. The van der Waals surface area contributed by atoms with Gasteiger partial charge in [-0.15, -0.1) is 11.3 Å². The Hall–Kier alpha value is -0.340. The first kappa shape index (κ1) is 15.1. The third-order valence-corrected chi connectivity index (χ3v) is 6.00. The maximum absolute atomic E-state index is 6.54. The van der Waals surface area contributed by atoms with Crippen molar-refractivity contribution in [1.29, 1.82) is 0 Å². The van der Waals surface area contributed by atoms with Crippen molar-refractivity contribution in [2.24, 2.45) is 17.6 Å². The first-order valence-electron chi connectivity index (χ1n) is 7.94. The molecule has 1 nitrogen and oxygen atoms in total. The van der Waals surface area contributed by atoms with Crippen molar-refractivity contribution in [3.63, 3.8) is 0 Å². The highest BCUT2D eigenvalue weighted by molar-refractivity contribution is 7.12. The molecule has 1 aliphatic carbocycles. The van der Waals surface area contributed by atoms with Crippen LogP contribution in [-0.2, 0) is 0 Å². The molecule has 108 valence electrons. The van der Waals surface area contributed by atoms with Crippen molar-refractivity contribution in [2.45, 2.75) is 71.8 Å². The topological polar surface area (TPSA) is 26.0 Å². The average molecular weight is 279 g/mol. The fraction of sp³-hybridized carbons (Fsp3) is 0.765. The molecule has 0 bridgehead atoms. The lowest BCUT2D eigenvalue weighted by atomic mass is 9.76. The van der Waals surface area contributed by atoms with Gasteiger partial charge in [0.05, 0.1) is 0 Å². The van der Waals surface area contributed by atoms with Crippen molar-refractivity contribution in [2.75, 3.05) is 0 Å². The van der Waals surface area contributed by atoms with Crippen LogP contribution in [-0.4, -0.2) is 0 Å². The van der Waals surface area contributed by atoms with E-state index in [2.05, 4.69) is 26.8 Å². The number of thiophene rings is 1. The van der Waals surface area contributed by atoms with Gasteiger partial charge in [0.25, 0.3) is 0 Å². The van der Waals surface area contributed by atoms with E-state index in [-0.39, 0.29) is 6.04 Å². The molecular formula is C17H29NS. The van der Waals surface area contributed by atoms with Crippen molar-refractivity contribution in [3.8, 4) is 0 Å². The van der Waals surface area contributed by atoms with Gasteiger partial charge in [-0.05, 0) is 50.2 Å². The zero-order valence-electron chi connectivity index (χ0n) is 12.7. The Balaban J connectivity index is 1.89. The quantitative estimate of drug-likeness (QED) is 0.771. The predicted molar refractivity (Wildman–Crippen MR) is 85.7 cm³/mol. The normalized spacial score (nSPS) is 25.5. The standard InChI is InChI=1S/C17H29NS/c1-4-5-6-14-7-9-15(10-8-14)16(18)17-12(2)11-13(3)19-17/h11,14-16H,4-10,18H2,1-3H3. The number of nitrogens with two attached hydrogens (primary N) is 1. The molecule has 1 fully saturated rings. The van der Waals surface area contributed by atoms with Crippen LogP contribution >= 0.6 is 11.3 Å². The molecule has 2 N–H and O–H groups in total. The summed E-state index contributed by atoms with van der Waals surface area (Å²) in [6, 6.07) is 2.57. The summed E-state index contributed by atoms with van der Waals surface area (Å²) < 4.78 is 0. The van der Waals surface area contributed by atoms with Crippen LogP contribution < -0.4 is 5.73 Å². The summed E-state index contributed by atoms with van der Waals surface area (Å²) in [6.07, 6.45) is 9.68. The fourth-order valence-electron chi connectivity index (χ4n) is 3.53. The van der Waals surface area contributed by atoms with E-state index in [9.17, 15) is 0 Å². The first-order chi connectivity index (χ1) is 9.11. The van der Waals surface area contributed by atoms with E-state index in [1.54, 1.807) is 0 Å². The largest absolute Gasteiger partial charge is 0.323 e. The second kappa shape index (κ2) is 6.90. The van der Waals surface area contributed by atoms with Gasteiger partial charge in [-0.2, -0.15) is 0 Å². The third kappa shape index (κ3) is 3.82. The van der Waals surface area contributed by atoms with Crippen molar-refractivity contribution in [3.05, 3.63) is 21.4 Å². The SMILES string of the molecule is CCCCC1CCC(C(N)c2sc(C)cc2C)CC1. The lowest BCUT2D eigenvalue weighted by Gasteiger charge is -2.32. The Labute approximate surface area is 122 Å². The minimum Gasteiger partial charge on any atom is -0.323 e. The first-order valence-corrected chi connectivity index (χ1v) is 8.76. The smallest absolute Gasteiger partial charge is 0.0421 e. The zero-order valence-corrected chi connectivity index (χ0v) is 13.6. The molecule has 0 saturated heterocycles. The molecule has 2 heteroatoms. The van der Waals surface area contributed by atoms with Gasteiger partial charge < -0.3 is 5.73 Å². The molecule has 1 unspecified atom stereocenters. The van der Waals surface area contributed by atoms with Crippen LogP contribution in [0.15, 0.2) is 6.07 Å². The van der Waals surface area contributed by atoms with Crippen molar-refractivity contribution >= 4 is 11.3 Å². The van der Waals surface area contributed by atoms with Crippen molar-refractivity contribution < 1.29 is 0 Å². The van der Waals surface area contributed by atoms with E-state index < -0.39 is 0 Å². The van der Waals surface area contributed by atoms with E-state index in [0.29, 0.717) is 0 Å². The number of hydrogen-bond acceptors (Lipinski definition) is 2. The van der Waals surface area contributed by atoms with E-state index in [1.807, 2.05) is 11.3 Å². The molecule has 1 aromatic heterocycles. The Morgan fingerprint density at radius 2 is 1.95 bits per heavy atom. The second-order valence-electron chi connectivity index (χ2n) is 6.35. The molecule has 1 atom stereocenters. The molecule has 2 rings (SSSR count). The lowest BCUT2D eigenvalue weighted by Crippen LogP contribution is -2.25. The van der Waals surface area contributed by atoms with E-state index >= 15 is 0 Å². The van der Waals surface area contributed by atoms with Crippen LogP contribution in [0.4, 0.5) is 0 Å². The monoisotopic (exact) mass is 279 g/mol. The second-order valence-corrected chi connectivity index (χ2v) is 7.64. The Kier molecular flexibility index (Phi) is 5.47. The summed E-state index contributed by atoms with van der Waals surface area (Å²) in [5.74, 6) is 1.70. The number of unbranched alkanes of at least 4 members (excludes halogenated alkanes) is 1. The minimum absolute atomic E-state index is 0.283. The van der Waals surface area contributed by atoms with Gasteiger partial charge in [0.1, 0.15) is 0 Å². The van der Waals surface area contributed by atoms with E-state index in [1.165, 1.54) is 60.3 Å². The molecule has 0 radical (unpaired) electrons. The minimum atomic E-state index is 0.283. The number of hydrogen-bond donors (Lipinski definition) is 1. The maximum atomic E-state index is 6.54. The molecule has 1 aromatic rings. The lowest BCUT2D eigenvalue weighted by molar-refractivity contribution is 0.233. The summed E-state index contributed by atoms with van der Waals surface area (Å²) in [4.78, 5) is 2.84. The van der Waals surface area contributed by atoms with E-state index in [4.69, 9.17) is 5.73 Å². The molecular weight excluding hydrogens is 250 g/mol. The molecule has 1 heterocycles. The Bertz CT molecular complexity index is 388. The summed E-state index contributed by atoms with van der Waals surface area (Å²) in [5.41, 5.74) is 7.95. The molecule has 0 aliphatic heterocycles. The Morgan fingerprint density at radius 3 is 2.47 bits per heavy atom. The summed E-state index contributed by atoms with van der Waals surface area (Å²) >= 11 is 1.91. The third-order valence-electron chi connectivity index (χ3n) is 4.75. The highest BCUT2D eigenvalue weighted by Gasteiger charge is 2.27. The van der Waals surface area contributed by atoms with Crippen LogP contribution in [0.2, 0.25) is 0 Å². The predicted octanol–water partition coefficient (Wildman–Crippen LogP) is 5.36. The number of rotatable bonds is 5. The number of aryl methyl sites for hydroxylation is 2.